The smallest absolute Gasteiger partial charge is 0.269 e. The zero-order chi connectivity index (χ0) is 29.3. The van der Waals surface area contributed by atoms with Crippen molar-refractivity contribution in [3.63, 3.8) is 0 Å². The van der Waals surface area contributed by atoms with Gasteiger partial charge >= 0.3 is 0 Å². The van der Waals surface area contributed by atoms with Gasteiger partial charge in [0.05, 0.1) is 42.4 Å². The van der Waals surface area contributed by atoms with Crippen LogP contribution in [0, 0.1) is 6.92 Å². The van der Waals surface area contributed by atoms with Gasteiger partial charge in [0, 0.05) is 49.8 Å². The van der Waals surface area contributed by atoms with E-state index in [1.165, 1.54) is 11.2 Å². The molecule has 6 N–H and O–H groups in total. The molecule has 4 heterocycles. The van der Waals surface area contributed by atoms with Crippen molar-refractivity contribution < 1.29 is 9.53 Å². The lowest BCUT2D eigenvalue weighted by molar-refractivity contribution is -0.118. The minimum atomic E-state index is -0.366. The second-order valence-electron chi connectivity index (χ2n) is 11.7. The summed E-state index contributed by atoms with van der Waals surface area (Å²) in [6, 6.07) is 8.34. The van der Waals surface area contributed by atoms with Gasteiger partial charge < -0.3 is 26.1 Å². The highest BCUT2D eigenvalue weighted by molar-refractivity contribution is 5.92. The Hall–Kier alpha value is -4.00. The number of carbonyl (C=O) groups excluding carboxylic acids is 1. The van der Waals surface area contributed by atoms with Gasteiger partial charge in [-0.1, -0.05) is 12.1 Å². The summed E-state index contributed by atoms with van der Waals surface area (Å²) in [5.41, 5.74) is 11.5. The van der Waals surface area contributed by atoms with Crippen LogP contribution >= 0.6 is 0 Å². The van der Waals surface area contributed by atoms with Gasteiger partial charge in [-0.15, -0.1) is 0 Å². The summed E-state index contributed by atoms with van der Waals surface area (Å²) in [7, 11) is 1.88. The molecule has 1 aromatic carbocycles. The van der Waals surface area contributed by atoms with E-state index in [0.29, 0.717) is 12.0 Å². The third-order valence-corrected chi connectivity index (χ3v) is 7.57. The van der Waals surface area contributed by atoms with Gasteiger partial charge in [-0.3, -0.25) is 14.4 Å². The highest BCUT2D eigenvalue weighted by atomic mass is 16.5. The number of rotatable bonds is 7. The molecule has 1 saturated heterocycles. The largest absolute Gasteiger partial charge is 0.393 e. The van der Waals surface area contributed by atoms with Crippen molar-refractivity contribution in [1.82, 2.24) is 35.0 Å². The number of nitrogens with one attached hydrogen (secondary N) is 2. The molecular weight excluding hydrogens is 520 g/mol. The Balaban J connectivity index is 1.41. The monoisotopic (exact) mass is 560 g/mol. The van der Waals surface area contributed by atoms with E-state index in [1.54, 1.807) is 10.9 Å². The van der Waals surface area contributed by atoms with Crippen molar-refractivity contribution >= 4 is 17.5 Å². The topological polar surface area (TPSA) is 152 Å². The second kappa shape index (κ2) is 11.5. The highest BCUT2D eigenvalue weighted by Crippen LogP contribution is 2.32. The number of benzene rings is 1. The number of hydrazine groups is 1. The Labute approximate surface area is 240 Å². The summed E-state index contributed by atoms with van der Waals surface area (Å²) in [5, 5.41) is 12.3. The molecule has 0 unspecified atom stereocenters. The first-order chi connectivity index (χ1) is 19.5. The average Bonchev–Trinajstić information content (AvgIpc) is 3.09. The van der Waals surface area contributed by atoms with Gasteiger partial charge in [0.1, 0.15) is 5.70 Å². The molecule has 1 fully saturated rings. The van der Waals surface area contributed by atoms with Gasteiger partial charge in [0.15, 0.2) is 0 Å². The van der Waals surface area contributed by atoms with Crippen molar-refractivity contribution in [2.45, 2.75) is 58.3 Å². The van der Waals surface area contributed by atoms with Crippen LogP contribution in [0.4, 0.5) is 11.6 Å². The lowest BCUT2D eigenvalue weighted by Gasteiger charge is -2.36. The summed E-state index contributed by atoms with van der Waals surface area (Å²) in [6.45, 7) is 10.8. The number of aryl methyl sites for hydroxylation is 2. The van der Waals surface area contributed by atoms with E-state index < -0.39 is 0 Å². The number of aromatic nitrogens is 4. The molecule has 0 bridgehead atoms. The van der Waals surface area contributed by atoms with Crippen LogP contribution in [0.2, 0.25) is 0 Å². The standard InChI is InChI=1S/C29H40N10O2/c1-18-26(15-37(5)36-18)35-28-32-10-8-24(34-28)19-6-7-22-20(12-19)13-38(21-16-41-17-21)11-9-25(22)33-27(40)23(30)14-39(31)29(2,3)4/h6-8,10,12,14-15,21,25H,9,11,13,16-17,30-31H2,1-5H3,(H,33,40)(H,32,34,35)/b23-14-/t25-/m1/s1. The zero-order valence-electron chi connectivity index (χ0n) is 24.4. The molecule has 3 aromatic rings. The number of nitrogens with zero attached hydrogens (tertiary/aromatic N) is 6. The summed E-state index contributed by atoms with van der Waals surface area (Å²) >= 11 is 0. The summed E-state index contributed by atoms with van der Waals surface area (Å²) in [4.78, 5) is 24.7. The van der Waals surface area contributed by atoms with Gasteiger partial charge in [0.2, 0.25) is 5.95 Å². The Morgan fingerprint density at radius 2 is 2.02 bits per heavy atom. The minimum absolute atomic E-state index is 0.0685. The first-order valence-electron chi connectivity index (χ1n) is 13.9. The molecule has 5 rings (SSSR count). The normalized spacial score (nSPS) is 18.3. The number of hydrogen-bond donors (Lipinski definition) is 4. The van der Waals surface area contributed by atoms with Crippen LogP contribution < -0.4 is 22.2 Å². The van der Waals surface area contributed by atoms with Crippen molar-refractivity contribution in [3.05, 3.63) is 65.4 Å². The predicted molar refractivity (Wildman–Crippen MR) is 157 cm³/mol. The molecule has 0 aliphatic carbocycles. The molecule has 1 amide bonds. The fourth-order valence-electron chi connectivity index (χ4n) is 4.95. The molecule has 0 saturated carbocycles. The maximum absolute atomic E-state index is 13.1. The molecule has 12 nitrogen and oxygen atoms in total. The third kappa shape index (κ3) is 6.50. The Morgan fingerprint density at radius 1 is 1.24 bits per heavy atom. The van der Waals surface area contributed by atoms with Crippen LogP contribution in [0.25, 0.3) is 11.3 Å². The Kier molecular flexibility index (Phi) is 7.98. The SMILES string of the molecule is Cc1nn(C)cc1Nc1nccc(-c2ccc3c(c2)CN(C2COC2)CC[C@H]3NC(=O)/C(N)=C/N(N)C(C)(C)C)n1. The van der Waals surface area contributed by atoms with E-state index in [-0.39, 0.29) is 23.2 Å². The predicted octanol–water partition coefficient (Wildman–Crippen LogP) is 2.47. The molecule has 0 spiro atoms. The minimum Gasteiger partial charge on any atom is -0.393 e. The zero-order valence-corrected chi connectivity index (χ0v) is 24.4. The Bertz CT molecular complexity index is 1440. The molecule has 2 aliphatic rings. The lowest BCUT2D eigenvalue weighted by Crippen LogP contribution is -2.48. The van der Waals surface area contributed by atoms with E-state index in [0.717, 1.165) is 66.5 Å². The Morgan fingerprint density at radius 3 is 2.68 bits per heavy atom. The average molecular weight is 561 g/mol. The third-order valence-electron chi connectivity index (χ3n) is 7.57. The fourth-order valence-corrected chi connectivity index (χ4v) is 4.95. The molecule has 12 heteroatoms. The van der Waals surface area contributed by atoms with Crippen molar-refractivity contribution in [2.24, 2.45) is 18.6 Å². The number of nitrogens with two attached hydrogens (primary N) is 2. The number of ether oxygens (including phenoxy) is 1. The molecular formula is C29H40N10O2. The number of amides is 1. The van der Waals surface area contributed by atoms with Crippen molar-refractivity contribution in [3.8, 4) is 11.3 Å². The molecule has 2 aromatic heterocycles. The van der Waals surface area contributed by atoms with Crippen LogP contribution in [-0.4, -0.2) is 66.9 Å². The second-order valence-corrected chi connectivity index (χ2v) is 11.7. The first kappa shape index (κ1) is 28.5. The summed E-state index contributed by atoms with van der Waals surface area (Å²) in [6.07, 6.45) is 5.88. The maximum atomic E-state index is 13.1. The van der Waals surface area contributed by atoms with Crippen LogP contribution in [0.5, 0.6) is 0 Å². The van der Waals surface area contributed by atoms with E-state index in [9.17, 15) is 4.79 Å². The van der Waals surface area contributed by atoms with Gasteiger partial charge in [0.25, 0.3) is 5.91 Å². The quantitative estimate of drug-likeness (QED) is 0.193. The van der Waals surface area contributed by atoms with E-state index in [4.69, 9.17) is 21.3 Å². The fraction of sp³-hybridized carbons (Fsp3) is 0.448. The van der Waals surface area contributed by atoms with Crippen LogP contribution in [0.15, 0.2) is 48.6 Å². The number of anilines is 2. The number of hydrogen-bond acceptors (Lipinski definition) is 10. The van der Waals surface area contributed by atoms with E-state index >= 15 is 0 Å². The van der Waals surface area contributed by atoms with Crippen LogP contribution in [-0.2, 0) is 23.1 Å². The van der Waals surface area contributed by atoms with Crippen molar-refractivity contribution in [2.75, 3.05) is 25.1 Å². The molecule has 1 atom stereocenters. The van der Waals surface area contributed by atoms with E-state index in [2.05, 4.69) is 37.7 Å². The van der Waals surface area contributed by atoms with Gasteiger partial charge in [-0.2, -0.15) is 5.10 Å². The van der Waals surface area contributed by atoms with Crippen LogP contribution in [0.3, 0.4) is 0 Å². The van der Waals surface area contributed by atoms with E-state index in [1.807, 2.05) is 53.1 Å². The molecule has 0 radical (unpaired) electrons. The molecule has 41 heavy (non-hydrogen) atoms. The summed E-state index contributed by atoms with van der Waals surface area (Å²) < 4.78 is 7.24. The first-order valence-corrected chi connectivity index (χ1v) is 13.9. The highest BCUT2D eigenvalue weighted by Gasteiger charge is 2.31. The maximum Gasteiger partial charge on any atom is 0.269 e. The van der Waals surface area contributed by atoms with Crippen molar-refractivity contribution in [1.29, 1.82) is 0 Å². The van der Waals surface area contributed by atoms with Gasteiger partial charge in [-0.05, 0) is 57.4 Å². The van der Waals surface area contributed by atoms with Crippen LogP contribution in [0.1, 0.15) is 50.1 Å². The summed E-state index contributed by atoms with van der Waals surface area (Å²) in [5.74, 6) is 6.24. The molecule has 218 valence electrons. The molecule has 2 aliphatic heterocycles. The number of carbonyl (C=O) groups is 1. The number of fused-ring (bicyclic) bond motifs is 1. The lowest BCUT2D eigenvalue weighted by atomic mass is 9.96. The van der Waals surface area contributed by atoms with Gasteiger partial charge in [-0.25, -0.2) is 15.8 Å².